The number of ether oxygens (including phenoxy) is 1. The van der Waals surface area contributed by atoms with Crippen LogP contribution in [0.1, 0.15) is 58.8 Å². The Bertz CT molecular complexity index is 233. The van der Waals surface area contributed by atoms with Crippen LogP contribution in [-0.2, 0) is 4.74 Å². The number of hydrogen-bond acceptors (Lipinski definition) is 2. The normalized spacial score (nSPS) is 29.3. The largest absolute Gasteiger partial charge is 0.383 e. The quantitative estimate of drug-likeness (QED) is 0.794. The van der Waals surface area contributed by atoms with E-state index in [1.807, 2.05) is 7.11 Å². The first-order valence-electron chi connectivity index (χ1n) is 7.43. The molecule has 0 amide bonds. The van der Waals surface area contributed by atoms with Gasteiger partial charge < -0.3 is 10.1 Å². The third-order valence-corrected chi connectivity index (χ3v) is 5.09. The Morgan fingerprint density at radius 3 is 2.35 bits per heavy atom. The molecule has 0 radical (unpaired) electrons. The molecule has 2 saturated carbocycles. The predicted octanol–water partition coefficient (Wildman–Crippen LogP) is 3.36. The zero-order chi connectivity index (χ0) is 12.3. The number of methoxy groups -OCH3 is 1. The van der Waals surface area contributed by atoms with Crippen LogP contribution in [0.3, 0.4) is 0 Å². The molecular formula is C15H29NO. The summed E-state index contributed by atoms with van der Waals surface area (Å²) in [5.41, 5.74) is 0.666. The molecule has 100 valence electrons. The molecule has 2 aliphatic rings. The van der Waals surface area contributed by atoms with E-state index in [4.69, 9.17) is 4.74 Å². The van der Waals surface area contributed by atoms with Crippen molar-refractivity contribution in [2.75, 3.05) is 13.7 Å². The second-order valence-electron chi connectivity index (χ2n) is 6.49. The highest BCUT2D eigenvalue weighted by molar-refractivity contribution is 5.02. The molecule has 17 heavy (non-hydrogen) atoms. The van der Waals surface area contributed by atoms with Crippen molar-refractivity contribution in [3.8, 4) is 0 Å². The highest BCUT2D eigenvalue weighted by atomic mass is 16.5. The van der Waals surface area contributed by atoms with Gasteiger partial charge in [0.25, 0.3) is 0 Å². The Hall–Kier alpha value is -0.0800. The lowest BCUT2D eigenvalue weighted by molar-refractivity contribution is 0.00417. The van der Waals surface area contributed by atoms with Gasteiger partial charge in [0, 0.05) is 19.2 Å². The summed E-state index contributed by atoms with van der Waals surface area (Å²) in [6.45, 7) is 5.44. The van der Waals surface area contributed by atoms with E-state index >= 15 is 0 Å². The Labute approximate surface area is 107 Å². The van der Waals surface area contributed by atoms with E-state index in [1.54, 1.807) is 0 Å². The van der Waals surface area contributed by atoms with Crippen molar-refractivity contribution in [2.45, 2.75) is 70.9 Å². The molecule has 0 heterocycles. The van der Waals surface area contributed by atoms with Crippen LogP contribution in [0.4, 0.5) is 0 Å². The highest BCUT2D eigenvalue weighted by Gasteiger charge is 2.47. The molecule has 0 aromatic heterocycles. The molecule has 2 unspecified atom stereocenters. The zero-order valence-corrected chi connectivity index (χ0v) is 11.8. The number of nitrogens with one attached hydrogen (secondary N) is 1. The van der Waals surface area contributed by atoms with E-state index in [0.29, 0.717) is 17.4 Å². The van der Waals surface area contributed by atoms with E-state index in [-0.39, 0.29) is 0 Å². The minimum atomic E-state index is 0.532. The smallest absolute Gasteiger partial charge is 0.0618 e. The molecular weight excluding hydrogens is 210 g/mol. The predicted molar refractivity (Wildman–Crippen MR) is 72.2 cm³/mol. The van der Waals surface area contributed by atoms with Gasteiger partial charge in [0.05, 0.1) is 6.61 Å². The van der Waals surface area contributed by atoms with Crippen molar-refractivity contribution in [1.82, 2.24) is 5.32 Å². The van der Waals surface area contributed by atoms with Gasteiger partial charge in [-0.25, -0.2) is 0 Å². The van der Waals surface area contributed by atoms with E-state index in [2.05, 4.69) is 19.2 Å². The first kappa shape index (κ1) is 13.4. The number of hydrogen-bond donors (Lipinski definition) is 1. The summed E-state index contributed by atoms with van der Waals surface area (Å²) >= 11 is 0. The highest BCUT2D eigenvalue weighted by Crippen LogP contribution is 2.51. The lowest BCUT2D eigenvalue weighted by atomic mass is 9.57. The van der Waals surface area contributed by atoms with Crippen LogP contribution < -0.4 is 5.32 Å². The van der Waals surface area contributed by atoms with Crippen molar-refractivity contribution < 1.29 is 4.74 Å². The fourth-order valence-electron chi connectivity index (χ4n) is 3.68. The summed E-state index contributed by atoms with van der Waals surface area (Å²) in [7, 11) is 1.81. The van der Waals surface area contributed by atoms with Crippen LogP contribution in [0.15, 0.2) is 0 Å². The third-order valence-electron chi connectivity index (χ3n) is 5.09. The minimum absolute atomic E-state index is 0.532. The van der Waals surface area contributed by atoms with E-state index in [0.717, 1.165) is 12.6 Å². The third kappa shape index (κ3) is 2.85. The average molecular weight is 239 g/mol. The van der Waals surface area contributed by atoms with Gasteiger partial charge in [-0.15, -0.1) is 0 Å². The van der Waals surface area contributed by atoms with Gasteiger partial charge in [-0.05, 0) is 37.0 Å². The zero-order valence-electron chi connectivity index (χ0n) is 11.8. The van der Waals surface area contributed by atoms with Gasteiger partial charge in [0.1, 0.15) is 0 Å². The Morgan fingerprint density at radius 1 is 1.18 bits per heavy atom. The van der Waals surface area contributed by atoms with Crippen molar-refractivity contribution in [3.05, 3.63) is 0 Å². The maximum absolute atomic E-state index is 5.35. The topological polar surface area (TPSA) is 21.3 Å². The SMILES string of the molecule is COCC(NC1CCC12CCCCC2)C(C)C. The Kier molecular flexibility index (Phi) is 4.48. The molecule has 2 rings (SSSR count). The summed E-state index contributed by atoms with van der Waals surface area (Å²) in [5.74, 6) is 0.663. The van der Waals surface area contributed by atoms with Gasteiger partial charge >= 0.3 is 0 Å². The van der Waals surface area contributed by atoms with Crippen LogP contribution in [0, 0.1) is 11.3 Å². The number of rotatable bonds is 5. The maximum atomic E-state index is 5.35. The molecule has 1 spiro atoms. The maximum Gasteiger partial charge on any atom is 0.0618 e. The van der Waals surface area contributed by atoms with Crippen molar-refractivity contribution in [1.29, 1.82) is 0 Å². The van der Waals surface area contributed by atoms with Gasteiger partial charge in [0.2, 0.25) is 0 Å². The lowest BCUT2D eigenvalue weighted by Crippen LogP contribution is -2.58. The molecule has 2 fully saturated rings. The van der Waals surface area contributed by atoms with Crippen LogP contribution in [0.2, 0.25) is 0 Å². The van der Waals surface area contributed by atoms with Gasteiger partial charge in [-0.1, -0.05) is 33.1 Å². The molecule has 2 heteroatoms. The molecule has 0 aromatic carbocycles. The van der Waals surface area contributed by atoms with E-state index in [9.17, 15) is 0 Å². The Balaban J connectivity index is 1.89. The fourth-order valence-corrected chi connectivity index (χ4v) is 3.68. The fraction of sp³-hybridized carbons (Fsp3) is 1.00. The summed E-state index contributed by atoms with van der Waals surface area (Å²) in [4.78, 5) is 0. The summed E-state index contributed by atoms with van der Waals surface area (Å²) in [6, 6.07) is 1.30. The Morgan fingerprint density at radius 2 is 1.88 bits per heavy atom. The second-order valence-corrected chi connectivity index (χ2v) is 6.49. The molecule has 2 nitrogen and oxygen atoms in total. The molecule has 0 saturated heterocycles. The molecule has 2 aliphatic carbocycles. The van der Waals surface area contributed by atoms with Crippen LogP contribution in [-0.4, -0.2) is 25.8 Å². The second kappa shape index (κ2) is 5.71. The monoisotopic (exact) mass is 239 g/mol. The molecule has 1 N–H and O–H groups in total. The van der Waals surface area contributed by atoms with Gasteiger partial charge in [-0.3, -0.25) is 0 Å². The van der Waals surface area contributed by atoms with Gasteiger partial charge in [0.15, 0.2) is 0 Å². The molecule has 0 aliphatic heterocycles. The van der Waals surface area contributed by atoms with Crippen molar-refractivity contribution in [2.24, 2.45) is 11.3 Å². The summed E-state index contributed by atoms with van der Waals surface area (Å²) < 4.78 is 5.35. The molecule has 0 aromatic rings. The van der Waals surface area contributed by atoms with Crippen molar-refractivity contribution >= 4 is 0 Å². The van der Waals surface area contributed by atoms with Crippen LogP contribution in [0.5, 0.6) is 0 Å². The van der Waals surface area contributed by atoms with Crippen molar-refractivity contribution in [3.63, 3.8) is 0 Å². The first-order valence-corrected chi connectivity index (χ1v) is 7.43. The first-order chi connectivity index (χ1) is 8.18. The minimum Gasteiger partial charge on any atom is -0.383 e. The van der Waals surface area contributed by atoms with E-state index < -0.39 is 0 Å². The molecule has 2 atom stereocenters. The van der Waals surface area contributed by atoms with E-state index in [1.165, 1.54) is 44.9 Å². The standard InChI is InChI=1S/C15H29NO/c1-12(2)13(11-17-3)16-14-7-10-15(14)8-5-4-6-9-15/h12-14,16H,4-11H2,1-3H3. The summed E-state index contributed by atoms with van der Waals surface area (Å²) in [6.07, 6.45) is 10.1. The van der Waals surface area contributed by atoms with Crippen LogP contribution >= 0.6 is 0 Å². The summed E-state index contributed by atoms with van der Waals surface area (Å²) in [5, 5.41) is 3.89. The lowest BCUT2D eigenvalue weighted by Gasteiger charge is -2.54. The molecule has 0 bridgehead atoms. The van der Waals surface area contributed by atoms with Gasteiger partial charge in [-0.2, -0.15) is 0 Å². The average Bonchev–Trinajstić information content (AvgIpc) is 2.33. The van der Waals surface area contributed by atoms with Crippen LogP contribution in [0.25, 0.3) is 0 Å².